The molecule has 1 aliphatic rings. The van der Waals surface area contributed by atoms with Crippen LogP contribution in [0.3, 0.4) is 0 Å². The summed E-state index contributed by atoms with van der Waals surface area (Å²) in [5, 5.41) is 3.07. The number of halogens is 4. The second-order valence-electron chi connectivity index (χ2n) is 13.3. The molecule has 7 aromatic rings. The second kappa shape index (κ2) is 11.7. The minimum Gasteiger partial charge on any atom is -0.455 e. The monoisotopic (exact) mass is 730 g/mol. The van der Waals surface area contributed by atoms with Crippen LogP contribution in [0.25, 0.3) is 61.0 Å². The maximum absolute atomic E-state index is 15.2. The number of nitrogens with zero attached hydrogens (tertiary/aromatic N) is 5. The van der Waals surface area contributed by atoms with E-state index in [2.05, 4.69) is 5.32 Å². The molecule has 10 nitrogen and oxygen atoms in total. The number of carbonyl (C=O) groups excluding carboxylic acids is 1. The van der Waals surface area contributed by atoms with Crippen LogP contribution in [0, 0.1) is 17.5 Å². The fourth-order valence-electron chi connectivity index (χ4n) is 7.01. The molecule has 4 aromatic heterocycles. The maximum Gasteiger partial charge on any atom is 0.255 e. The van der Waals surface area contributed by atoms with Crippen LogP contribution in [0.5, 0.6) is 0 Å². The van der Waals surface area contributed by atoms with Gasteiger partial charge in [0.05, 0.1) is 51.9 Å². The first kappa shape index (κ1) is 33.6. The number of benzene rings is 3. The Balaban J connectivity index is 1.39. The number of rotatable bonds is 7. The molecule has 3 aromatic carbocycles. The number of amides is 1. The van der Waals surface area contributed by atoms with Crippen LogP contribution in [0.1, 0.15) is 23.1 Å². The van der Waals surface area contributed by atoms with E-state index in [-0.39, 0.29) is 57.9 Å². The number of nitrogens with one attached hydrogen (secondary N) is 1. The van der Waals surface area contributed by atoms with Gasteiger partial charge in [-0.2, -0.15) is 0 Å². The molecule has 15 heteroatoms. The van der Waals surface area contributed by atoms with E-state index in [1.165, 1.54) is 39.2 Å². The van der Waals surface area contributed by atoms with Gasteiger partial charge in [0, 0.05) is 55.7 Å². The number of furan rings is 1. The number of likely N-dealkylation sites (tertiary alicyclic amines) is 1. The van der Waals surface area contributed by atoms with Crippen LogP contribution in [-0.2, 0) is 16.6 Å². The summed E-state index contributed by atoms with van der Waals surface area (Å²) in [7, 11) is -1.14. The minimum absolute atomic E-state index is 0.0593. The average Bonchev–Trinajstić information content (AvgIpc) is 3.65. The Hall–Kier alpha value is -5.54. The average molecular weight is 731 g/mol. The Labute approximate surface area is 294 Å². The molecule has 0 bridgehead atoms. The summed E-state index contributed by atoms with van der Waals surface area (Å²) < 4.78 is 93.2. The Bertz CT molecular complexity index is 2750. The Morgan fingerprint density at radius 3 is 2.42 bits per heavy atom. The van der Waals surface area contributed by atoms with Crippen LogP contribution in [-0.4, -0.2) is 72.7 Å². The number of sulfonamides is 1. The largest absolute Gasteiger partial charge is 0.455 e. The zero-order valence-corrected chi connectivity index (χ0v) is 29.1. The van der Waals surface area contributed by atoms with Crippen LogP contribution < -0.4 is 9.62 Å². The Morgan fingerprint density at radius 1 is 0.962 bits per heavy atom. The van der Waals surface area contributed by atoms with Gasteiger partial charge < -0.3 is 9.73 Å². The number of hydrogen-bond donors (Lipinski definition) is 1. The standard InChI is InChI=1S/C37H30F4N6O4S/c1-37(41)17-46(18-37)16-32-43-27-11-10-26(44-34(27)30-14-21-24(39)6-5-7-28(21)47(30)32)22-13-23-31(15-29(22)45(3)52(4,49)50)51-35(33(23)36(48)42-2)20-9-8-19(38)12-25(20)40/h5-15H,16-18H2,1-4H3,(H,42,48). The smallest absolute Gasteiger partial charge is 0.255 e. The molecule has 52 heavy (non-hydrogen) atoms. The molecule has 1 N–H and O–H groups in total. The first-order valence-electron chi connectivity index (χ1n) is 16.2. The summed E-state index contributed by atoms with van der Waals surface area (Å²) in [6.45, 7) is 2.28. The van der Waals surface area contributed by atoms with Crippen molar-refractivity contribution in [2.45, 2.75) is 19.1 Å². The fourth-order valence-corrected chi connectivity index (χ4v) is 7.52. The van der Waals surface area contributed by atoms with Crippen LogP contribution in [0.4, 0.5) is 23.2 Å². The van der Waals surface area contributed by atoms with Crippen molar-refractivity contribution in [2.24, 2.45) is 0 Å². The van der Waals surface area contributed by atoms with Crippen molar-refractivity contribution in [3.63, 3.8) is 0 Å². The lowest BCUT2D eigenvalue weighted by Crippen LogP contribution is -2.56. The van der Waals surface area contributed by atoms with Gasteiger partial charge in [-0.1, -0.05) is 6.07 Å². The van der Waals surface area contributed by atoms with E-state index in [1.54, 1.807) is 34.7 Å². The minimum atomic E-state index is -3.87. The SMILES string of the molecule is CNC(=O)c1c(-c2ccc(F)cc2F)oc2cc(N(C)S(C)(=O)=O)c(-c3ccc4nc(CN5CC(C)(F)C5)n5c6cccc(F)c6cc5c4n3)cc12. The quantitative estimate of drug-likeness (QED) is 0.179. The lowest BCUT2D eigenvalue weighted by atomic mass is 9.99. The number of fused-ring (bicyclic) bond motifs is 6. The van der Waals surface area contributed by atoms with Crippen molar-refractivity contribution >= 4 is 60.0 Å². The van der Waals surface area contributed by atoms with E-state index in [0.717, 1.165) is 22.7 Å². The molecule has 8 rings (SSSR count). The molecule has 0 saturated carbocycles. The van der Waals surface area contributed by atoms with Crippen LogP contribution >= 0.6 is 0 Å². The number of anilines is 1. The summed E-state index contributed by atoms with van der Waals surface area (Å²) in [6, 6.07) is 15.5. The topological polar surface area (TPSA) is 113 Å². The molecule has 1 saturated heterocycles. The Kier molecular flexibility index (Phi) is 7.59. The first-order chi connectivity index (χ1) is 24.6. The summed E-state index contributed by atoms with van der Waals surface area (Å²) in [6.07, 6.45) is 1.02. The predicted molar refractivity (Wildman–Crippen MR) is 190 cm³/mol. The van der Waals surface area contributed by atoms with Crippen molar-refractivity contribution in [1.29, 1.82) is 0 Å². The van der Waals surface area contributed by atoms with E-state index in [1.807, 2.05) is 4.90 Å². The molecule has 1 aliphatic heterocycles. The highest BCUT2D eigenvalue weighted by Gasteiger charge is 2.39. The number of hydrogen-bond acceptors (Lipinski definition) is 7. The normalized spacial score (nSPS) is 14.8. The van der Waals surface area contributed by atoms with Gasteiger partial charge in [0.2, 0.25) is 10.0 Å². The summed E-state index contributed by atoms with van der Waals surface area (Å²) in [5.74, 6) is -2.49. The molecule has 1 fully saturated rings. The lowest BCUT2D eigenvalue weighted by molar-refractivity contribution is -0.0240. The van der Waals surface area contributed by atoms with Crippen LogP contribution in [0.15, 0.2) is 71.1 Å². The number of pyridine rings is 1. The molecule has 5 heterocycles. The van der Waals surface area contributed by atoms with Crippen molar-refractivity contribution in [3.8, 4) is 22.6 Å². The molecular weight excluding hydrogens is 701 g/mol. The van der Waals surface area contributed by atoms with Gasteiger partial charge in [-0.05, 0) is 55.5 Å². The molecule has 0 atom stereocenters. The molecule has 0 spiro atoms. The molecule has 0 unspecified atom stereocenters. The first-order valence-corrected chi connectivity index (χ1v) is 18.0. The Morgan fingerprint density at radius 2 is 1.73 bits per heavy atom. The third-order valence-corrected chi connectivity index (χ3v) is 10.6. The van der Waals surface area contributed by atoms with Gasteiger partial charge in [0.1, 0.15) is 40.0 Å². The molecule has 266 valence electrons. The van der Waals surface area contributed by atoms with Crippen LogP contribution in [0.2, 0.25) is 0 Å². The van der Waals surface area contributed by atoms with E-state index in [0.29, 0.717) is 45.9 Å². The van der Waals surface area contributed by atoms with Crippen molar-refractivity contribution < 1.29 is 35.2 Å². The van der Waals surface area contributed by atoms with E-state index in [9.17, 15) is 22.0 Å². The van der Waals surface area contributed by atoms with Gasteiger partial charge >= 0.3 is 0 Å². The number of aromatic nitrogens is 3. The third kappa shape index (κ3) is 5.42. The van der Waals surface area contributed by atoms with E-state index >= 15 is 8.78 Å². The number of alkyl halides is 1. The van der Waals surface area contributed by atoms with Gasteiger partial charge in [0.25, 0.3) is 5.91 Å². The van der Waals surface area contributed by atoms with E-state index in [4.69, 9.17) is 14.4 Å². The van der Waals surface area contributed by atoms with Gasteiger partial charge in [-0.15, -0.1) is 0 Å². The molecule has 0 radical (unpaired) electrons. The van der Waals surface area contributed by atoms with Crippen molar-refractivity contribution in [1.82, 2.24) is 24.6 Å². The molecular formula is C37H30F4N6O4S. The predicted octanol–water partition coefficient (Wildman–Crippen LogP) is 6.83. The lowest BCUT2D eigenvalue weighted by Gasteiger charge is -2.42. The summed E-state index contributed by atoms with van der Waals surface area (Å²) in [5.41, 5.74) is 1.09. The van der Waals surface area contributed by atoms with Crippen molar-refractivity contribution in [2.75, 3.05) is 37.7 Å². The van der Waals surface area contributed by atoms with Gasteiger partial charge in [-0.3, -0.25) is 18.4 Å². The molecule has 1 amide bonds. The zero-order chi connectivity index (χ0) is 36.9. The summed E-state index contributed by atoms with van der Waals surface area (Å²) >= 11 is 0. The maximum atomic E-state index is 15.2. The van der Waals surface area contributed by atoms with E-state index < -0.39 is 39.1 Å². The molecule has 0 aliphatic carbocycles. The second-order valence-corrected chi connectivity index (χ2v) is 15.3. The zero-order valence-electron chi connectivity index (χ0n) is 28.3. The fraction of sp³-hybridized carbons (Fsp3) is 0.216. The highest BCUT2D eigenvalue weighted by Crippen LogP contribution is 2.42. The third-order valence-electron chi connectivity index (χ3n) is 9.44. The highest BCUT2D eigenvalue weighted by molar-refractivity contribution is 7.92. The van der Waals surface area contributed by atoms with Crippen molar-refractivity contribution in [3.05, 3.63) is 95.6 Å². The highest BCUT2D eigenvalue weighted by atomic mass is 32.2. The van der Waals surface area contributed by atoms with Gasteiger partial charge in [0.15, 0.2) is 5.76 Å². The number of carbonyl (C=O) groups is 1. The van der Waals surface area contributed by atoms with Gasteiger partial charge in [-0.25, -0.2) is 35.9 Å². The summed E-state index contributed by atoms with van der Waals surface area (Å²) in [4.78, 5) is 25.1.